The standard InChI is InChI=1S/C19H25N5O2/c1-11(19(26)24(2)14-9-12-7-8-13(10-14)21-12)20-18(25)17-15-5-3-4-6-16(15)22-23-17/h3-6,11-14,21H,7-10H2,1-2H3,(H,20,25)(H,22,23). The maximum absolute atomic E-state index is 12.8. The summed E-state index contributed by atoms with van der Waals surface area (Å²) in [5.41, 5.74) is 1.13. The molecule has 4 rings (SSSR count). The van der Waals surface area contributed by atoms with E-state index >= 15 is 0 Å². The molecule has 3 N–H and O–H groups in total. The second-order valence-electron chi connectivity index (χ2n) is 7.53. The molecule has 2 aliphatic heterocycles. The van der Waals surface area contributed by atoms with Gasteiger partial charge in [0.15, 0.2) is 5.69 Å². The van der Waals surface area contributed by atoms with Crippen LogP contribution in [-0.4, -0.2) is 58.1 Å². The van der Waals surface area contributed by atoms with Gasteiger partial charge in [-0.3, -0.25) is 14.7 Å². The zero-order valence-electron chi connectivity index (χ0n) is 15.2. The lowest BCUT2D eigenvalue weighted by atomic mass is 9.98. The zero-order chi connectivity index (χ0) is 18.3. The van der Waals surface area contributed by atoms with Gasteiger partial charge in [0.1, 0.15) is 6.04 Å². The van der Waals surface area contributed by atoms with E-state index in [2.05, 4.69) is 20.8 Å². The van der Waals surface area contributed by atoms with Crippen molar-refractivity contribution in [2.45, 2.75) is 56.8 Å². The van der Waals surface area contributed by atoms with E-state index in [-0.39, 0.29) is 17.9 Å². The normalized spacial score (nSPS) is 25.8. The molecule has 3 atom stereocenters. The minimum atomic E-state index is -0.587. The summed E-state index contributed by atoms with van der Waals surface area (Å²) in [7, 11) is 1.85. The Kier molecular flexibility index (Phi) is 4.40. The van der Waals surface area contributed by atoms with E-state index in [9.17, 15) is 9.59 Å². The summed E-state index contributed by atoms with van der Waals surface area (Å²) < 4.78 is 0. The maximum atomic E-state index is 12.8. The lowest BCUT2D eigenvalue weighted by molar-refractivity contribution is -0.134. The highest BCUT2D eigenvalue weighted by Gasteiger charge is 2.37. The average Bonchev–Trinajstić information content (AvgIpc) is 3.23. The van der Waals surface area contributed by atoms with Crippen LogP contribution in [-0.2, 0) is 4.79 Å². The molecule has 2 aliphatic rings. The number of carbonyl (C=O) groups is 2. The number of nitrogens with zero attached hydrogens (tertiary/aromatic N) is 2. The number of aromatic amines is 1. The van der Waals surface area contributed by atoms with Gasteiger partial charge in [-0.15, -0.1) is 0 Å². The van der Waals surface area contributed by atoms with E-state index < -0.39 is 6.04 Å². The predicted octanol–water partition coefficient (Wildman–Crippen LogP) is 1.42. The number of likely N-dealkylation sites (N-methyl/N-ethyl adjacent to an activating group) is 1. The van der Waals surface area contributed by atoms with E-state index in [1.54, 1.807) is 6.92 Å². The number of fused-ring (bicyclic) bond motifs is 3. The molecule has 0 aliphatic carbocycles. The van der Waals surface area contributed by atoms with Gasteiger partial charge in [-0.2, -0.15) is 5.10 Å². The quantitative estimate of drug-likeness (QED) is 0.774. The molecule has 0 spiro atoms. The molecule has 2 amide bonds. The number of benzene rings is 1. The van der Waals surface area contributed by atoms with Crippen molar-refractivity contribution in [3.8, 4) is 0 Å². The summed E-state index contributed by atoms with van der Waals surface area (Å²) in [5.74, 6) is -0.383. The Bertz CT molecular complexity index is 820. The third-order valence-corrected chi connectivity index (χ3v) is 5.75. The fraction of sp³-hybridized carbons (Fsp3) is 0.526. The van der Waals surface area contributed by atoms with Crippen molar-refractivity contribution in [1.29, 1.82) is 0 Å². The molecular formula is C19H25N5O2. The highest BCUT2D eigenvalue weighted by molar-refractivity contribution is 6.05. The Hall–Kier alpha value is -2.41. The molecule has 2 aromatic rings. The van der Waals surface area contributed by atoms with Crippen molar-refractivity contribution < 1.29 is 9.59 Å². The predicted molar refractivity (Wildman–Crippen MR) is 98.8 cm³/mol. The summed E-state index contributed by atoms with van der Waals surface area (Å²) in [5, 5.41) is 14.1. The second kappa shape index (κ2) is 6.72. The minimum Gasteiger partial charge on any atom is -0.341 e. The number of hydrogen-bond acceptors (Lipinski definition) is 4. The lowest BCUT2D eigenvalue weighted by Crippen LogP contribution is -2.53. The summed E-state index contributed by atoms with van der Waals surface area (Å²) in [6.07, 6.45) is 4.37. The van der Waals surface area contributed by atoms with E-state index in [0.717, 1.165) is 23.7 Å². The molecule has 0 radical (unpaired) electrons. The Morgan fingerprint density at radius 3 is 2.65 bits per heavy atom. The number of piperidine rings is 1. The number of para-hydroxylation sites is 1. The molecule has 2 saturated heterocycles. The number of nitrogens with one attached hydrogen (secondary N) is 3. The summed E-state index contributed by atoms with van der Waals surface area (Å²) in [6, 6.07) is 8.16. The minimum absolute atomic E-state index is 0.0514. The molecule has 2 fully saturated rings. The van der Waals surface area contributed by atoms with Gasteiger partial charge in [0.05, 0.1) is 5.52 Å². The van der Waals surface area contributed by atoms with Crippen LogP contribution in [0.25, 0.3) is 10.9 Å². The van der Waals surface area contributed by atoms with Gasteiger partial charge in [-0.1, -0.05) is 18.2 Å². The summed E-state index contributed by atoms with van der Waals surface area (Å²) in [6.45, 7) is 1.74. The topological polar surface area (TPSA) is 90.1 Å². The van der Waals surface area contributed by atoms with Crippen LogP contribution in [0.3, 0.4) is 0 Å². The molecule has 7 heteroatoms. The van der Waals surface area contributed by atoms with Gasteiger partial charge < -0.3 is 15.5 Å². The molecular weight excluding hydrogens is 330 g/mol. The SMILES string of the molecule is CC(NC(=O)c1n[nH]c2ccccc12)C(=O)N(C)C1CC2CCC(C1)N2. The molecule has 1 aromatic heterocycles. The third-order valence-electron chi connectivity index (χ3n) is 5.75. The monoisotopic (exact) mass is 355 g/mol. The molecule has 138 valence electrons. The van der Waals surface area contributed by atoms with Gasteiger partial charge in [-0.25, -0.2) is 0 Å². The van der Waals surface area contributed by atoms with Crippen molar-refractivity contribution in [3.05, 3.63) is 30.0 Å². The average molecular weight is 355 g/mol. The van der Waals surface area contributed by atoms with Gasteiger partial charge in [0.25, 0.3) is 5.91 Å². The number of H-pyrrole nitrogens is 1. The fourth-order valence-corrected chi connectivity index (χ4v) is 4.29. The maximum Gasteiger partial charge on any atom is 0.273 e. The van der Waals surface area contributed by atoms with Crippen molar-refractivity contribution in [1.82, 2.24) is 25.7 Å². The Balaban J connectivity index is 1.41. The molecule has 0 saturated carbocycles. The number of aromatic nitrogens is 2. The molecule has 1 aromatic carbocycles. The second-order valence-corrected chi connectivity index (χ2v) is 7.53. The van der Waals surface area contributed by atoms with Gasteiger partial charge in [0, 0.05) is 30.6 Å². The summed E-state index contributed by atoms with van der Waals surface area (Å²) >= 11 is 0. The number of carbonyl (C=O) groups excluding carboxylic acids is 2. The number of rotatable bonds is 4. The van der Waals surface area contributed by atoms with Gasteiger partial charge in [-0.05, 0) is 38.7 Å². The van der Waals surface area contributed by atoms with Crippen LogP contribution >= 0.6 is 0 Å². The fourth-order valence-electron chi connectivity index (χ4n) is 4.29. The molecule has 26 heavy (non-hydrogen) atoms. The summed E-state index contributed by atoms with van der Waals surface area (Å²) in [4.78, 5) is 27.2. The van der Waals surface area contributed by atoms with E-state index in [1.165, 1.54) is 12.8 Å². The number of hydrogen-bond donors (Lipinski definition) is 3. The van der Waals surface area contributed by atoms with Crippen LogP contribution in [0.4, 0.5) is 0 Å². The Morgan fingerprint density at radius 1 is 1.23 bits per heavy atom. The zero-order valence-corrected chi connectivity index (χ0v) is 15.2. The van der Waals surface area contributed by atoms with Crippen LogP contribution in [0.5, 0.6) is 0 Å². The van der Waals surface area contributed by atoms with Crippen LogP contribution in [0.15, 0.2) is 24.3 Å². The number of amides is 2. The van der Waals surface area contributed by atoms with E-state index in [4.69, 9.17) is 0 Å². The smallest absolute Gasteiger partial charge is 0.273 e. The molecule has 3 unspecified atom stereocenters. The first-order valence-corrected chi connectivity index (χ1v) is 9.29. The van der Waals surface area contributed by atoms with Crippen LogP contribution in [0.1, 0.15) is 43.1 Å². The van der Waals surface area contributed by atoms with E-state index in [0.29, 0.717) is 17.8 Å². The van der Waals surface area contributed by atoms with E-state index in [1.807, 2.05) is 36.2 Å². The van der Waals surface area contributed by atoms with Crippen molar-refractivity contribution >= 4 is 22.7 Å². The lowest BCUT2D eigenvalue weighted by Gasteiger charge is -2.36. The third kappa shape index (κ3) is 3.07. The van der Waals surface area contributed by atoms with Crippen LogP contribution in [0.2, 0.25) is 0 Å². The highest BCUT2D eigenvalue weighted by atomic mass is 16.2. The molecule has 3 heterocycles. The van der Waals surface area contributed by atoms with Crippen molar-refractivity contribution in [2.24, 2.45) is 0 Å². The van der Waals surface area contributed by atoms with Gasteiger partial charge >= 0.3 is 0 Å². The van der Waals surface area contributed by atoms with Gasteiger partial charge in [0.2, 0.25) is 5.91 Å². The first kappa shape index (κ1) is 17.0. The Labute approximate surface area is 152 Å². The first-order chi connectivity index (χ1) is 12.5. The Morgan fingerprint density at radius 2 is 1.92 bits per heavy atom. The molecule has 7 nitrogen and oxygen atoms in total. The first-order valence-electron chi connectivity index (χ1n) is 9.29. The molecule has 2 bridgehead atoms. The van der Waals surface area contributed by atoms with Crippen molar-refractivity contribution in [2.75, 3.05) is 7.05 Å². The van der Waals surface area contributed by atoms with Crippen LogP contribution < -0.4 is 10.6 Å². The van der Waals surface area contributed by atoms with Crippen molar-refractivity contribution in [3.63, 3.8) is 0 Å². The largest absolute Gasteiger partial charge is 0.341 e. The van der Waals surface area contributed by atoms with Crippen LogP contribution in [0, 0.1) is 0 Å². The highest BCUT2D eigenvalue weighted by Crippen LogP contribution is 2.29.